The van der Waals surface area contributed by atoms with Crippen molar-refractivity contribution in [3.63, 3.8) is 0 Å². The number of amides is 2. The molecule has 70 heavy (non-hydrogen) atoms. The molecule has 1 aliphatic carbocycles. The van der Waals surface area contributed by atoms with Crippen molar-refractivity contribution >= 4 is 74.5 Å². The van der Waals surface area contributed by atoms with Gasteiger partial charge in [-0.3, -0.25) is 29.0 Å². The van der Waals surface area contributed by atoms with E-state index in [0.717, 1.165) is 44.4 Å². The highest BCUT2D eigenvalue weighted by Crippen LogP contribution is 2.52. The third-order valence-corrected chi connectivity index (χ3v) is 13.7. The first kappa shape index (κ1) is 52.2. The van der Waals surface area contributed by atoms with Crippen LogP contribution in [-0.4, -0.2) is 105 Å². The molecule has 0 radical (unpaired) electrons. The first-order valence-electron chi connectivity index (χ1n) is 23.5. The summed E-state index contributed by atoms with van der Waals surface area (Å²) in [6, 6.07) is 5.73. The predicted molar refractivity (Wildman–Crippen MR) is 266 cm³/mol. The molecule has 4 atom stereocenters. The van der Waals surface area contributed by atoms with Gasteiger partial charge >= 0.3 is 23.9 Å². The number of rotatable bonds is 21. The van der Waals surface area contributed by atoms with Crippen molar-refractivity contribution in [2.75, 3.05) is 27.3 Å². The topological polar surface area (TPSA) is 295 Å². The molecule has 18 nitrogen and oxygen atoms in total. The maximum absolute atomic E-state index is 13.9. The van der Waals surface area contributed by atoms with Gasteiger partial charge in [0, 0.05) is 53.6 Å². The second-order valence-corrected chi connectivity index (χ2v) is 18.1. The molecule has 3 aromatic rings. The van der Waals surface area contributed by atoms with E-state index < -0.39 is 47.3 Å². The van der Waals surface area contributed by atoms with E-state index >= 15 is 0 Å². The number of aliphatic carboxylic acids is 2. The number of carboxylic acids is 2. The average Bonchev–Trinajstić information content (AvgIpc) is 3.99. The molecule has 3 aromatic heterocycles. The Bertz CT molecular complexity index is 2870. The van der Waals surface area contributed by atoms with E-state index in [0.29, 0.717) is 104 Å². The number of aromatic amines is 2. The zero-order valence-corrected chi connectivity index (χ0v) is 40.7. The fourth-order valence-electron chi connectivity index (χ4n) is 9.46. The van der Waals surface area contributed by atoms with Crippen LogP contribution in [0.15, 0.2) is 54.6 Å². The summed E-state index contributed by atoms with van der Waals surface area (Å²) in [6.45, 7) is 12.6. The number of ether oxygens (including phenoxy) is 2. The number of aromatic nitrogens is 4. The second kappa shape index (κ2) is 22.5. The molecule has 372 valence electrons. The Morgan fingerprint density at radius 1 is 0.743 bits per heavy atom. The molecule has 18 heteroatoms. The number of hydrogen-bond donors (Lipinski definition) is 8. The van der Waals surface area contributed by atoms with Crippen molar-refractivity contribution < 1.29 is 48.5 Å². The number of carbonyl (C=O) groups excluding carboxylic acids is 4. The Labute approximate surface area is 406 Å². The predicted octanol–water partition coefficient (Wildman–Crippen LogP) is 5.55. The lowest BCUT2D eigenvalue weighted by Crippen LogP contribution is -2.42. The van der Waals surface area contributed by atoms with Gasteiger partial charge in [0.2, 0.25) is 11.8 Å². The molecule has 2 amide bonds. The lowest BCUT2D eigenvalue weighted by Gasteiger charge is -2.36. The number of aryl methyl sites for hydroxylation is 4. The molecule has 0 saturated carbocycles. The lowest BCUT2D eigenvalue weighted by atomic mass is 9.64. The number of unbranched alkanes of at least 4 members (excludes halogenated alkanes) is 2. The Hall–Kier alpha value is -7.18. The van der Waals surface area contributed by atoms with E-state index in [1.54, 1.807) is 18.2 Å². The van der Waals surface area contributed by atoms with Gasteiger partial charge in [0.05, 0.1) is 48.0 Å². The van der Waals surface area contributed by atoms with Gasteiger partial charge in [-0.25, -0.2) is 9.78 Å². The van der Waals surface area contributed by atoms with Gasteiger partial charge < -0.3 is 51.8 Å². The van der Waals surface area contributed by atoms with Crippen molar-refractivity contribution in [2.24, 2.45) is 17.4 Å². The number of esters is 2. The van der Waals surface area contributed by atoms with Crippen molar-refractivity contribution in [3.05, 3.63) is 99.7 Å². The third kappa shape index (κ3) is 11.1. The van der Waals surface area contributed by atoms with Crippen LogP contribution in [-0.2, 0) is 56.5 Å². The normalized spacial score (nSPS) is 17.1. The van der Waals surface area contributed by atoms with Crippen LogP contribution in [0.25, 0.3) is 38.8 Å². The first-order chi connectivity index (χ1) is 33.3. The summed E-state index contributed by atoms with van der Waals surface area (Å²) in [5.41, 5.74) is 20.9. The standard InChI is InChI=1S/C52H64N8O10/c1-8-30-27(2)38-24-43-34-18-15-33(50(67)69-6)47(51(68)70-7)52(34,5)44(60-43)26-39-29(4)32(17-20-46(62)56-22-12-10-14-36(54)49(65)66)42(59-39)25-41-31(28(3)37(58-41)23-40(30)57-38)16-19-45(61)55-21-11-9-13-35(53)48(63)64/h8,15,18,23-26,35-36,47,58-59H,1,9-14,16-17,19-22,53-54H2,2-7H3,(H,55,61)(H,56,62)(H,63,64)(H,65,66)/t35-,36-,47?,52+/m0/s1. The quantitative estimate of drug-likeness (QED) is 0.0480. The number of nitrogens with one attached hydrogen (secondary N) is 4. The fraction of sp³-hybridized carbons (Fsp3) is 0.423. The van der Waals surface area contributed by atoms with Crippen LogP contribution >= 0.6 is 0 Å². The molecule has 3 aliphatic rings. The molecule has 1 unspecified atom stereocenters. The van der Waals surface area contributed by atoms with E-state index in [-0.39, 0.29) is 30.2 Å². The SMILES string of the molecule is C=CC1=C(C)c2cc3nc(cc4[nH]c(cc5[nH]c(cc1n2)c(C)c5CCC(=O)NCCCC[C@H](N)C(=O)O)c(CCC(=O)NCCCC[C@H](N)C(=O)O)c4C)[C@@]1(C)C3=CC=C(C(=O)OC)C1C(=O)OC. The van der Waals surface area contributed by atoms with Gasteiger partial charge in [0.1, 0.15) is 18.0 Å². The number of fused-ring (bicyclic) bond motifs is 11. The molecule has 0 saturated heterocycles. The molecule has 0 spiro atoms. The summed E-state index contributed by atoms with van der Waals surface area (Å²) >= 11 is 0. The van der Waals surface area contributed by atoms with Crippen molar-refractivity contribution in [3.8, 4) is 0 Å². The smallest absolute Gasteiger partial charge is 0.334 e. The van der Waals surface area contributed by atoms with Crippen LogP contribution in [0.3, 0.4) is 0 Å². The van der Waals surface area contributed by atoms with Crippen LogP contribution in [0.5, 0.6) is 0 Å². The Kier molecular flexibility index (Phi) is 16.8. The van der Waals surface area contributed by atoms with E-state index in [9.17, 15) is 28.8 Å². The summed E-state index contributed by atoms with van der Waals surface area (Å²) in [4.78, 5) is 93.6. The molecular weight excluding hydrogens is 897 g/mol. The molecule has 5 heterocycles. The highest BCUT2D eigenvalue weighted by Gasteiger charge is 2.53. The Balaban J connectivity index is 1.51. The second-order valence-electron chi connectivity index (χ2n) is 18.1. The van der Waals surface area contributed by atoms with Crippen LogP contribution in [0.1, 0.15) is 110 Å². The molecule has 0 aromatic carbocycles. The summed E-state index contributed by atoms with van der Waals surface area (Å²) < 4.78 is 10.5. The monoisotopic (exact) mass is 960 g/mol. The van der Waals surface area contributed by atoms with Crippen LogP contribution < -0.4 is 22.1 Å². The third-order valence-electron chi connectivity index (χ3n) is 13.7. The number of nitrogens with two attached hydrogens (primary N) is 2. The van der Waals surface area contributed by atoms with Gasteiger partial charge in [0.25, 0.3) is 0 Å². The van der Waals surface area contributed by atoms with E-state index in [1.165, 1.54) is 14.2 Å². The summed E-state index contributed by atoms with van der Waals surface area (Å²) in [6.07, 6.45) is 8.88. The summed E-state index contributed by atoms with van der Waals surface area (Å²) in [5, 5.41) is 24.1. The number of carbonyl (C=O) groups is 6. The number of carboxylic acid groups (broad SMARTS) is 2. The van der Waals surface area contributed by atoms with Gasteiger partial charge in [-0.05, 0) is 137 Å². The number of H-pyrrole nitrogens is 2. The van der Waals surface area contributed by atoms with E-state index in [2.05, 4.69) is 27.2 Å². The fourth-order valence-corrected chi connectivity index (χ4v) is 9.46. The molecule has 8 bridgehead atoms. The van der Waals surface area contributed by atoms with Crippen molar-refractivity contribution in [1.82, 2.24) is 30.6 Å². The molecule has 6 rings (SSSR count). The number of allylic oxidation sites excluding steroid dienone is 6. The van der Waals surface area contributed by atoms with Crippen molar-refractivity contribution in [1.29, 1.82) is 0 Å². The molecule has 10 N–H and O–H groups in total. The zero-order valence-electron chi connectivity index (χ0n) is 40.7. The minimum Gasteiger partial charge on any atom is -0.480 e. The first-order valence-corrected chi connectivity index (χ1v) is 23.5. The van der Waals surface area contributed by atoms with Crippen LogP contribution in [0.2, 0.25) is 0 Å². The average molecular weight is 961 g/mol. The van der Waals surface area contributed by atoms with Gasteiger partial charge in [-0.2, -0.15) is 0 Å². The maximum Gasteiger partial charge on any atom is 0.334 e. The number of nitrogens with zero attached hydrogens (tertiary/aromatic N) is 2. The summed E-state index contributed by atoms with van der Waals surface area (Å²) in [7, 11) is 2.52. The molecular formula is C52H64N8O10. The van der Waals surface area contributed by atoms with Gasteiger partial charge in [-0.1, -0.05) is 24.8 Å². The van der Waals surface area contributed by atoms with Gasteiger partial charge in [0.15, 0.2) is 0 Å². The largest absolute Gasteiger partial charge is 0.480 e. The Morgan fingerprint density at radius 2 is 1.29 bits per heavy atom. The highest BCUT2D eigenvalue weighted by molar-refractivity contribution is 6.02. The number of hydrogen-bond acceptors (Lipinski definition) is 12. The van der Waals surface area contributed by atoms with Crippen molar-refractivity contribution in [2.45, 2.75) is 109 Å². The maximum atomic E-state index is 13.9. The Morgan fingerprint density at radius 3 is 1.79 bits per heavy atom. The van der Waals surface area contributed by atoms with Crippen LogP contribution in [0.4, 0.5) is 0 Å². The number of methoxy groups -OCH3 is 2. The molecule has 0 fully saturated rings. The van der Waals surface area contributed by atoms with Crippen LogP contribution in [0, 0.1) is 19.8 Å². The highest BCUT2D eigenvalue weighted by atomic mass is 16.5. The zero-order chi connectivity index (χ0) is 51.0. The summed E-state index contributed by atoms with van der Waals surface area (Å²) in [5.74, 6) is -4.97. The molecule has 2 aliphatic heterocycles. The minimum atomic E-state index is -1.23. The van der Waals surface area contributed by atoms with E-state index in [4.69, 9.17) is 41.1 Å². The van der Waals surface area contributed by atoms with E-state index in [1.807, 2.05) is 52.0 Å². The van der Waals surface area contributed by atoms with Gasteiger partial charge in [-0.15, -0.1) is 0 Å². The minimum absolute atomic E-state index is 0.107. The lowest BCUT2D eigenvalue weighted by molar-refractivity contribution is -0.149.